The van der Waals surface area contributed by atoms with Gasteiger partial charge in [-0.1, -0.05) is 141 Å². The van der Waals surface area contributed by atoms with Gasteiger partial charge in [0.15, 0.2) is 0 Å². The molecule has 3 aromatic heterocycles. The molecule has 4 unspecified atom stereocenters. The molecule has 0 bridgehead atoms. The van der Waals surface area contributed by atoms with Crippen LogP contribution in [0.1, 0.15) is 47.5 Å². The van der Waals surface area contributed by atoms with Crippen molar-refractivity contribution in [1.29, 1.82) is 5.41 Å². The lowest BCUT2D eigenvalue weighted by Gasteiger charge is -2.31. The Kier molecular flexibility index (Phi) is 8.61. The molecule has 0 saturated heterocycles. The summed E-state index contributed by atoms with van der Waals surface area (Å²) in [6.07, 6.45) is 33.0. The van der Waals surface area contributed by atoms with E-state index in [9.17, 15) is 0 Å². The van der Waals surface area contributed by atoms with Gasteiger partial charge in [0.05, 0.1) is 22.8 Å². The number of aromatic nitrogens is 3. The van der Waals surface area contributed by atoms with Crippen LogP contribution in [-0.2, 0) is 18.4 Å². The molecule has 3 aliphatic carbocycles. The van der Waals surface area contributed by atoms with E-state index in [0.717, 1.165) is 30.6 Å². The number of benzene rings is 2. The van der Waals surface area contributed by atoms with Gasteiger partial charge in [-0.2, -0.15) is 0 Å². The lowest BCUT2D eigenvalue weighted by atomic mass is 9.82. The van der Waals surface area contributed by atoms with Crippen LogP contribution in [0.5, 0.6) is 0 Å². The number of hydrogen-bond donors (Lipinski definition) is 1. The summed E-state index contributed by atoms with van der Waals surface area (Å²) in [6.45, 7) is 9.20. The highest BCUT2D eigenvalue weighted by Gasteiger charge is 2.60. The number of hydrogen-bond acceptors (Lipinski definition) is 2. The van der Waals surface area contributed by atoms with Crippen molar-refractivity contribution in [3.8, 4) is 0 Å². The fourth-order valence-corrected chi connectivity index (χ4v) is 8.59. The van der Waals surface area contributed by atoms with Crippen LogP contribution in [-0.4, -0.2) is 20.3 Å². The van der Waals surface area contributed by atoms with Crippen molar-refractivity contribution in [1.82, 2.24) is 14.1 Å². The third-order valence-electron chi connectivity index (χ3n) is 11.2. The molecule has 1 saturated carbocycles. The first-order chi connectivity index (χ1) is 25.1. The zero-order chi connectivity index (χ0) is 35.0. The van der Waals surface area contributed by atoms with E-state index in [-0.39, 0.29) is 11.5 Å². The first-order valence-electron chi connectivity index (χ1n) is 18.1. The molecule has 2 aromatic carbocycles. The average molecular weight is 665 g/mol. The summed E-state index contributed by atoms with van der Waals surface area (Å²) < 4.78 is 5.22. The number of fused-ring (bicyclic) bond motifs is 8. The van der Waals surface area contributed by atoms with E-state index in [1.807, 2.05) is 30.5 Å². The second-order valence-electron chi connectivity index (χ2n) is 14.1. The van der Waals surface area contributed by atoms with Gasteiger partial charge in [0.25, 0.3) is 0 Å². The lowest BCUT2D eigenvalue weighted by Crippen LogP contribution is -2.25. The Labute approximate surface area is 300 Å². The Morgan fingerprint density at radius 2 is 1.78 bits per heavy atom. The molecular weight excluding hydrogens is 621 g/mol. The fraction of sp³-hybridized carbons (Fsp3) is 0.191. The quantitative estimate of drug-likeness (QED) is 0.100. The van der Waals surface area contributed by atoms with Crippen molar-refractivity contribution >= 4 is 51.1 Å². The monoisotopic (exact) mass is 664 g/mol. The lowest BCUT2D eigenvalue weighted by molar-refractivity contribution is 0.352. The summed E-state index contributed by atoms with van der Waals surface area (Å²) in [6, 6.07) is 24.5. The van der Waals surface area contributed by atoms with E-state index in [4.69, 9.17) is 10.4 Å². The Hall–Kier alpha value is -5.74. The number of nitrogens with one attached hydrogen (secondary N) is 1. The molecule has 0 spiro atoms. The van der Waals surface area contributed by atoms with Gasteiger partial charge >= 0.3 is 0 Å². The van der Waals surface area contributed by atoms with Crippen LogP contribution in [0.4, 0.5) is 0 Å². The summed E-state index contributed by atoms with van der Waals surface area (Å²) in [5.74, 6) is 0.881. The molecule has 8 rings (SSSR count). The molecule has 252 valence electrons. The standard InChI is InChI=1S/C47H44N4/c1-4-5-6-7-13-31-50-42-18-10-8-9-16-36(42)38-23-24-39-37-17-11-12-19-43(37)51(46(39)45(38)50)41-26-28-47(32-40(47)34(41)3)44-25-21-33(2)20-22-35(15-14-29-48)27-30-49-44/h4-17,19-30,34,40-41,48H,1,18,31-32H2,2-3H3/b6-5-,13-7-,15-14-,22-20?,25-21?,30-27?,33-20?,33-21?,35-22?,35-27?,44-25?,48-29?,49-30?,49-44?. The van der Waals surface area contributed by atoms with Gasteiger partial charge in [-0.05, 0) is 55.0 Å². The third kappa shape index (κ3) is 5.65. The SMILES string of the molecule is C=C/C=C\C=C/Cn1c2c(c3ccc4c5ccccc5n(C5C=CC6(c7ccc(C)ccc(/C=C\C=N)ccn7)CC6C5C)c4c31)C=CC=CC2. The van der Waals surface area contributed by atoms with Crippen LogP contribution in [0.3, 0.4) is 0 Å². The highest BCUT2D eigenvalue weighted by molar-refractivity contribution is 6.18. The Bertz CT molecular complexity index is 2440. The van der Waals surface area contributed by atoms with Crippen molar-refractivity contribution in [2.75, 3.05) is 0 Å². The van der Waals surface area contributed by atoms with Crippen molar-refractivity contribution in [2.24, 2.45) is 11.8 Å². The van der Waals surface area contributed by atoms with E-state index in [2.05, 4.69) is 145 Å². The molecule has 0 radical (unpaired) electrons. The predicted octanol–water partition coefficient (Wildman–Crippen LogP) is 11.4. The molecule has 0 amide bonds. The molecular formula is C47H44N4. The molecule has 51 heavy (non-hydrogen) atoms. The minimum atomic E-state index is -0.0720. The molecule has 3 heterocycles. The molecule has 1 N–H and O–H groups in total. The fourth-order valence-electron chi connectivity index (χ4n) is 8.59. The van der Waals surface area contributed by atoms with Crippen LogP contribution in [0.15, 0.2) is 146 Å². The summed E-state index contributed by atoms with van der Waals surface area (Å²) in [5.41, 5.74) is 9.83. The normalized spacial score (nSPS) is 22.2. The van der Waals surface area contributed by atoms with E-state index in [1.165, 1.54) is 55.7 Å². The van der Waals surface area contributed by atoms with Gasteiger partial charge in [0, 0.05) is 63.7 Å². The zero-order valence-electron chi connectivity index (χ0n) is 29.4. The molecule has 4 atom stereocenters. The van der Waals surface area contributed by atoms with Gasteiger partial charge in [-0.3, -0.25) is 4.98 Å². The second kappa shape index (κ2) is 13.5. The first-order valence-corrected chi connectivity index (χ1v) is 18.1. The van der Waals surface area contributed by atoms with Crippen LogP contribution in [0, 0.1) is 24.2 Å². The number of para-hydroxylation sites is 1. The minimum Gasteiger partial charge on any atom is -0.338 e. The highest BCUT2D eigenvalue weighted by atomic mass is 15.1. The number of nitrogens with zero attached hydrogens (tertiary/aromatic N) is 3. The van der Waals surface area contributed by atoms with Crippen LogP contribution in [0.2, 0.25) is 0 Å². The topological polar surface area (TPSA) is 46.6 Å². The van der Waals surface area contributed by atoms with Crippen LogP contribution in [0.25, 0.3) is 44.9 Å². The Balaban J connectivity index is 1.31. The summed E-state index contributed by atoms with van der Waals surface area (Å²) in [7, 11) is 0. The summed E-state index contributed by atoms with van der Waals surface area (Å²) in [4.78, 5) is 5.08. The molecule has 5 aromatic rings. The van der Waals surface area contributed by atoms with E-state index in [0.29, 0.717) is 11.8 Å². The van der Waals surface area contributed by atoms with Crippen LogP contribution >= 0.6 is 0 Å². The smallest absolute Gasteiger partial charge is 0.0744 e. The van der Waals surface area contributed by atoms with E-state index in [1.54, 1.807) is 6.08 Å². The van der Waals surface area contributed by atoms with Crippen molar-refractivity contribution in [3.05, 3.63) is 174 Å². The van der Waals surface area contributed by atoms with Crippen LogP contribution < -0.4 is 0 Å². The molecule has 1 fully saturated rings. The Morgan fingerprint density at radius 1 is 0.922 bits per heavy atom. The molecule has 0 aliphatic heterocycles. The van der Waals surface area contributed by atoms with Gasteiger partial charge in [0.2, 0.25) is 0 Å². The third-order valence-corrected chi connectivity index (χ3v) is 11.2. The van der Waals surface area contributed by atoms with E-state index >= 15 is 0 Å². The number of allylic oxidation sites excluding steroid dienone is 11. The van der Waals surface area contributed by atoms with Gasteiger partial charge in [-0.25, -0.2) is 0 Å². The number of aryl methyl sites for hydroxylation is 1. The maximum Gasteiger partial charge on any atom is 0.0744 e. The molecule has 3 aliphatic rings. The maximum atomic E-state index is 7.41. The zero-order valence-corrected chi connectivity index (χ0v) is 29.4. The predicted molar refractivity (Wildman–Crippen MR) is 217 cm³/mol. The summed E-state index contributed by atoms with van der Waals surface area (Å²) in [5, 5.41) is 11.3. The van der Waals surface area contributed by atoms with Gasteiger partial charge in [0.1, 0.15) is 0 Å². The molecule has 4 heteroatoms. The maximum absolute atomic E-state index is 7.41. The second-order valence-corrected chi connectivity index (χ2v) is 14.1. The first kappa shape index (κ1) is 32.5. The highest BCUT2D eigenvalue weighted by Crippen LogP contribution is 2.63. The summed E-state index contributed by atoms with van der Waals surface area (Å²) >= 11 is 0. The number of rotatable bonds is 8. The Morgan fingerprint density at radius 3 is 2.67 bits per heavy atom. The largest absolute Gasteiger partial charge is 0.338 e. The van der Waals surface area contributed by atoms with Gasteiger partial charge < -0.3 is 14.5 Å². The average Bonchev–Trinajstić information content (AvgIpc) is 3.80. The van der Waals surface area contributed by atoms with Crippen molar-refractivity contribution in [3.63, 3.8) is 0 Å². The van der Waals surface area contributed by atoms with Gasteiger partial charge in [-0.15, -0.1) is 0 Å². The van der Waals surface area contributed by atoms with Crippen molar-refractivity contribution in [2.45, 2.75) is 44.7 Å². The van der Waals surface area contributed by atoms with E-state index < -0.39 is 0 Å². The van der Waals surface area contributed by atoms with Crippen molar-refractivity contribution < 1.29 is 0 Å². The minimum absolute atomic E-state index is 0.0720. The molecule has 4 nitrogen and oxygen atoms in total.